The molecule has 0 saturated carbocycles. The van der Waals surface area contributed by atoms with Crippen molar-refractivity contribution in [2.24, 2.45) is 0 Å². The van der Waals surface area contributed by atoms with E-state index in [1.807, 2.05) is 0 Å². The summed E-state index contributed by atoms with van der Waals surface area (Å²) in [6.07, 6.45) is 1.51. The molecule has 0 aliphatic heterocycles. The van der Waals surface area contributed by atoms with Crippen LogP contribution in [0.1, 0.15) is 24.1 Å². The zero-order valence-corrected chi connectivity index (χ0v) is 16.9. The number of hydrogen-bond acceptors (Lipinski definition) is 5. The van der Waals surface area contributed by atoms with Gasteiger partial charge in [0.2, 0.25) is 0 Å². The average molecular weight is 426 g/mol. The molecule has 2 aromatic carbocycles. The molecule has 5 nitrogen and oxygen atoms in total. The molecule has 3 aromatic rings. The summed E-state index contributed by atoms with van der Waals surface area (Å²) in [4.78, 5) is 3.99. The van der Waals surface area contributed by atoms with Crippen LogP contribution in [0, 0.1) is 12.7 Å². The van der Waals surface area contributed by atoms with E-state index in [0.717, 1.165) is 0 Å². The highest BCUT2D eigenvalue weighted by Gasteiger charge is 2.21. The molecule has 1 aromatic heterocycles. The van der Waals surface area contributed by atoms with Crippen LogP contribution in [0.3, 0.4) is 0 Å². The van der Waals surface area contributed by atoms with Crippen LogP contribution in [0.4, 0.5) is 15.2 Å². The zero-order chi connectivity index (χ0) is 19.6. The van der Waals surface area contributed by atoms with Gasteiger partial charge in [0.25, 0.3) is 10.0 Å². The Hall–Kier alpha value is -2.16. The summed E-state index contributed by atoms with van der Waals surface area (Å²) in [6.45, 7) is 3.48. The number of anilines is 2. The molecule has 0 aliphatic rings. The molecule has 0 unspecified atom stereocenters. The van der Waals surface area contributed by atoms with Crippen molar-refractivity contribution >= 4 is 43.8 Å². The summed E-state index contributed by atoms with van der Waals surface area (Å²) >= 11 is 7.48. The Bertz CT molecular complexity index is 1060. The Morgan fingerprint density at radius 2 is 2.00 bits per heavy atom. The lowest BCUT2D eigenvalue weighted by atomic mass is 10.1. The lowest BCUT2D eigenvalue weighted by Crippen LogP contribution is -2.15. The minimum absolute atomic E-state index is 0.0618. The van der Waals surface area contributed by atoms with E-state index in [4.69, 9.17) is 11.6 Å². The number of nitrogens with zero attached hydrogens (tertiary/aromatic N) is 1. The van der Waals surface area contributed by atoms with Gasteiger partial charge in [0, 0.05) is 17.1 Å². The Morgan fingerprint density at radius 1 is 1.26 bits per heavy atom. The SMILES string of the molecule is Cc1cc(N[C@@H](C)c2ccccc2F)c(Cl)cc1S(=O)(=O)Nc1nccs1. The molecule has 1 heterocycles. The first kappa shape index (κ1) is 19.6. The minimum Gasteiger partial charge on any atom is -0.377 e. The van der Waals surface area contributed by atoms with E-state index in [9.17, 15) is 12.8 Å². The van der Waals surface area contributed by atoms with Gasteiger partial charge in [-0.05, 0) is 37.6 Å². The lowest BCUT2D eigenvalue weighted by molar-refractivity contribution is 0.600. The van der Waals surface area contributed by atoms with E-state index in [-0.39, 0.29) is 26.9 Å². The Morgan fingerprint density at radius 3 is 2.67 bits per heavy atom. The number of benzene rings is 2. The van der Waals surface area contributed by atoms with Crippen LogP contribution in [0.5, 0.6) is 0 Å². The molecule has 2 N–H and O–H groups in total. The highest BCUT2D eigenvalue weighted by Crippen LogP contribution is 2.32. The Labute approximate surface area is 166 Å². The van der Waals surface area contributed by atoms with Gasteiger partial charge >= 0.3 is 0 Å². The predicted octanol–water partition coefficient (Wildman–Crippen LogP) is 5.22. The Kier molecular flexibility index (Phi) is 5.69. The summed E-state index contributed by atoms with van der Waals surface area (Å²) < 4.78 is 41.6. The summed E-state index contributed by atoms with van der Waals surface area (Å²) in [5.74, 6) is -0.322. The van der Waals surface area contributed by atoms with Crippen molar-refractivity contribution in [1.29, 1.82) is 0 Å². The summed E-state index contributed by atoms with van der Waals surface area (Å²) in [7, 11) is -3.81. The van der Waals surface area contributed by atoms with E-state index in [2.05, 4.69) is 15.0 Å². The summed E-state index contributed by atoms with van der Waals surface area (Å²) in [6, 6.07) is 9.12. The van der Waals surface area contributed by atoms with Crippen LogP contribution in [0.2, 0.25) is 5.02 Å². The van der Waals surface area contributed by atoms with Crippen molar-refractivity contribution in [2.45, 2.75) is 24.8 Å². The number of aryl methyl sites for hydroxylation is 1. The quantitative estimate of drug-likeness (QED) is 0.568. The minimum atomic E-state index is -3.81. The molecule has 1 atom stereocenters. The van der Waals surface area contributed by atoms with Crippen LogP contribution in [0.25, 0.3) is 0 Å². The van der Waals surface area contributed by atoms with Gasteiger partial charge in [-0.1, -0.05) is 29.8 Å². The molecule has 0 fully saturated rings. The second kappa shape index (κ2) is 7.84. The van der Waals surface area contributed by atoms with Gasteiger partial charge in [0.05, 0.1) is 21.6 Å². The molecule has 0 saturated heterocycles. The highest BCUT2D eigenvalue weighted by molar-refractivity contribution is 7.93. The number of halogens is 2. The van der Waals surface area contributed by atoms with Gasteiger partial charge in [-0.3, -0.25) is 4.72 Å². The number of thiazole rings is 1. The van der Waals surface area contributed by atoms with Gasteiger partial charge < -0.3 is 5.32 Å². The van der Waals surface area contributed by atoms with Crippen LogP contribution < -0.4 is 10.0 Å². The molecule has 0 radical (unpaired) electrons. The maximum Gasteiger partial charge on any atom is 0.263 e. The van der Waals surface area contributed by atoms with Crippen molar-refractivity contribution < 1.29 is 12.8 Å². The fourth-order valence-corrected chi connectivity index (χ4v) is 4.97. The van der Waals surface area contributed by atoms with Crippen LogP contribution in [-0.4, -0.2) is 13.4 Å². The maximum atomic E-state index is 14.0. The second-order valence-corrected chi connectivity index (χ2v) is 8.88. The van der Waals surface area contributed by atoms with Crippen LogP contribution in [0.15, 0.2) is 52.9 Å². The zero-order valence-electron chi connectivity index (χ0n) is 14.5. The van der Waals surface area contributed by atoms with E-state index in [1.54, 1.807) is 43.5 Å². The number of nitrogens with one attached hydrogen (secondary N) is 2. The molecule has 27 heavy (non-hydrogen) atoms. The molecule has 0 bridgehead atoms. The van der Waals surface area contributed by atoms with Crippen LogP contribution >= 0.6 is 22.9 Å². The van der Waals surface area contributed by atoms with Gasteiger partial charge in [-0.25, -0.2) is 17.8 Å². The monoisotopic (exact) mass is 425 g/mol. The third kappa shape index (κ3) is 4.40. The van der Waals surface area contributed by atoms with E-state index < -0.39 is 10.0 Å². The molecule has 0 aliphatic carbocycles. The third-order valence-electron chi connectivity index (χ3n) is 3.95. The third-order valence-corrected chi connectivity index (χ3v) is 6.56. The summed E-state index contributed by atoms with van der Waals surface area (Å²) in [5.41, 5.74) is 1.53. The van der Waals surface area contributed by atoms with Crippen LogP contribution in [-0.2, 0) is 10.0 Å². The topological polar surface area (TPSA) is 71.1 Å². The van der Waals surface area contributed by atoms with Gasteiger partial charge in [0.15, 0.2) is 5.13 Å². The molecule has 0 spiro atoms. The first-order valence-electron chi connectivity index (χ1n) is 8.01. The van der Waals surface area contributed by atoms with Crippen molar-refractivity contribution in [2.75, 3.05) is 10.0 Å². The van der Waals surface area contributed by atoms with E-state index in [1.165, 1.54) is 29.7 Å². The first-order chi connectivity index (χ1) is 12.8. The molecular weight excluding hydrogens is 409 g/mol. The first-order valence-corrected chi connectivity index (χ1v) is 10.8. The molecule has 9 heteroatoms. The number of sulfonamides is 1. The predicted molar refractivity (Wildman–Crippen MR) is 108 cm³/mol. The Balaban J connectivity index is 1.88. The highest BCUT2D eigenvalue weighted by atomic mass is 35.5. The molecular formula is C18H17ClFN3O2S2. The van der Waals surface area contributed by atoms with Gasteiger partial charge in [-0.2, -0.15) is 0 Å². The number of rotatable bonds is 6. The fraction of sp³-hybridized carbons (Fsp3) is 0.167. The summed E-state index contributed by atoms with van der Waals surface area (Å²) in [5, 5.41) is 5.31. The maximum absolute atomic E-state index is 14.0. The normalized spacial score (nSPS) is 12.6. The average Bonchev–Trinajstić information content (AvgIpc) is 3.10. The van der Waals surface area contributed by atoms with Crippen molar-refractivity contribution in [1.82, 2.24) is 4.98 Å². The van der Waals surface area contributed by atoms with Crippen molar-refractivity contribution in [3.05, 3.63) is 69.9 Å². The van der Waals surface area contributed by atoms with Crippen molar-refractivity contribution in [3.63, 3.8) is 0 Å². The molecule has 3 rings (SSSR count). The van der Waals surface area contributed by atoms with E-state index >= 15 is 0 Å². The standard InChI is InChI=1S/C18H17ClFN3O2S2/c1-11-9-16(22-12(2)13-5-3-4-6-15(13)20)14(19)10-17(11)27(24,25)23-18-21-7-8-26-18/h3-10,12,22H,1-2H3,(H,21,23)/t12-/m0/s1. The second-order valence-electron chi connectivity index (χ2n) is 5.93. The molecule has 142 valence electrons. The van der Waals surface area contributed by atoms with Gasteiger partial charge in [0.1, 0.15) is 5.82 Å². The number of hydrogen-bond donors (Lipinski definition) is 2. The largest absolute Gasteiger partial charge is 0.377 e. The lowest BCUT2D eigenvalue weighted by Gasteiger charge is -2.19. The number of aromatic nitrogens is 1. The van der Waals surface area contributed by atoms with Crippen molar-refractivity contribution in [3.8, 4) is 0 Å². The smallest absolute Gasteiger partial charge is 0.263 e. The van der Waals surface area contributed by atoms with Gasteiger partial charge in [-0.15, -0.1) is 11.3 Å². The molecule has 0 amide bonds. The van der Waals surface area contributed by atoms with E-state index in [0.29, 0.717) is 16.8 Å². The fourth-order valence-electron chi connectivity index (χ4n) is 2.64.